The minimum atomic E-state index is 0.452. The number of hydrogen-bond donors (Lipinski definition) is 1. The standard InChI is InChI=1S/C18H25NS/c1-4-6-15-7-9-16(10-8-15)18-12-11-17(20-18)14(3)19-13-5-2/h7-12,14,19H,4-6,13H2,1-3H3. The molecule has 0 aliphatic heterocycles. The Hall–Kier alpha value is -1.12. The van der Waals surface area contributed by atoms with Crippen LogP contribution in [0.3, 0.4) is 0 Å². The molecule has 0 aliphatic carbocycles. The summed E-state index contributed by atoms with van der Waals surface area (Å²) in [6, 6.07) is 14.0. The fraction of sp³-hybridized carbons (Fsp3) is 0.444. The van der Waals surface area contributed by atoms with Gasteiger partial charge in [0.2, 0.25) is 0 Å². The molecule has 2 aromatic rings. The van der Waals surface area contributed by atoms with Crippen molar-refractivity contribution in [2.75, 3.05) is 6.54 Å². The van der Waals surface area contributed by atoms with E-state index in [1.165, 1.54) is 40.1 Å². The molecule has 0 radical (unpaired) electrons. The van der Waals surface area contributed by atoms with Gasteiger partial charge < -0.3 is 5.32 Å². The molecule has 1 aromatic heterocycles. The first-order valence-corrected chi connectivity index (χ1v) is 8.48. The summed E-state index contributed by atoms with van der Waals surface area (Å²) in [5.74, 6) is 0. The highest BCUT2D eigenvalue weighted by molar-refractivity contribution is 7.15. The van der Waals surface area contributed by atoms with Crippen LogP contribution in [0.5, 0.6) is 0 Å². The Kier molecular flexibility index (Phi) is 5.81. The molecule has 108 valence electrons. The highest BCUT2D eigenvalue weighted by Crippen LogP contribution is 2.31. The molecule has 0 spiro atoms. The van der Waals surface area contributed by atoms with Crippen LogP contribution in [0.2, 0.25) is 0 Å². The summed E-state index contributed by atoms with van der Waals surface area (Å²) in [5, 5.41) is 3.55. The Labute approximate surface area is 127 Å². The summed E-state index contributed by atoms with van der Waals surface area (Å²) in [6.07, 6.45) is 3.57. The molecule has 20 heavy (non-hydrogen) atoms. The van der Waals surface area contributed by atoms with Gasteiger partial charge in [0, 0.05) is 15.8 Å². The number of nitrogens with one attached hydrogen (secondary N) is 1. The van der Waals surface area contributed by atoms with E-state index in [0.29, 0.717) is 6.04 Å². The summed E-state index contributed by atoms with van der Waals surface area (Å²) < 4.78 is 0. The first kappa shape index (κ1) is 15.3. The lowest BCUT2D eigenvalue weighted by molar-refractivity contribution is 0.578. The van der Waals surface area contributed by atoms with Gasteiger partial charge in [0.15, 0.2) is 0 Å². The maximum atomic E-state index is 3.55. The van der Waals surface area contributed by atoms with E-state index in [2.05, 4.69) is 62.5 Å². The summed E-state index contributed by atoms with van der Waals surface area (Å²) in [6.45, 7) is 7.76. The molecule has 1 heterocycles. The average molecular weight is 287 g/mol. The van der Waals surface area contributed by atoms with Crippen LogP contribution in [0, 0.1) is 0 Å². The van der Waals surface area contributed by atoms with Gasteiger partial charge in [0.25, 0.3) is 0 Å². The quantitative estimate of drug-likeness (QED) is 0.716. The van der Waals surface area contributed by atoms with Crippen molar-refractivity contribution in [2.24, 2.45) is 0 Å². The van der Waals surface area contributed by atoms with E-state index in [1.807, 2.05) is 11.3 Å². The van der Waals surface area contributed by atoms with Gasteiger partial charge in [-0.05, 0) is 49.6 Å². The van der Waals surface area contributed by atoms with Gasteiger partial charge in [0.05, 0.1) is 0 Å². The predicted molar refractivity (Wildman–Crippen MR) is 90.5 cm³/mol. The maximum Gasteiger partial charge on any atom is 0.0386 e. The van der Waals surface area contributed by atoms with Gasteiger partial charge >= 0.3 is 0 Å². The van der Waals surface area contributed by atoms with Gasteiger partial charge in [-0.3, -0.25) is 0 Å². The van der Waals surface area contributed by atoms with Crippen LogP contribution in [0.15, 0.2) is 36.4 Å². The summed E-state index contributed by atoms with van der Waals surface area (Å²) in [4.78, 5) is 2.79. The molecule has 2 rings (SSSR count). The predicted octanol–water partition coefficient (Wildman–Crippen LogP) is 5.43. The van der Waals surface area contributed by atoms with Crippen LogP contribution in [-0.2, 0) is 6.42 Å². The third kappa shape index (κ3) is 3.94. The number of thiophene rings is 1. The number of hydrogen-bond acceptors (Lipinski definition) is 2. The summed E-state index contributed by atoms with van der Waals surface area (Å²) >= 11 is 1.90. The van der Waals surface area contributed by atoms with Crippen LogP contribution >= 0.6 is 11.3 Å². The zero-order valence-electron chi connectivity index (χ0n) is 12.8. The Morgan fingerprint density at radius 3 is 2.40 bits per heavy atom. The number of rotatable bonds is 7. The van der Waals surface area contributed by atoms with Crippen LogP contribution < -0.4 is 5.32 Å². The van der Waals surface area contributed by atoms with Gasteiger partial charge in [-0.2, -0.15) is 0 Å². The second-order valence-corrected chi connectivity index (χ2v) is 6.44. The second-order valence-electron chi connectivity index (χ2n) is 5.32. The largest absolute Gasteiger partial charge is 0.309 e. The van der Waals surface area contributed by atoms with Crippen molar-refractivity contribution in [3.63, 3.8) is 0 Å². The molecule has 1 nitrogen and oxygen atoms in total. The molecule has 1 aromatic carbocycles. The molecule has 1 atom stereocenters. The highest BCUT2D eigenvalue weighted by atomic mass is 32.1. The molecule has 0 saturated carbocycles. The smallest absolute Gasteiger partial charge is 0.0386 e. The lowest BCUT2D eigenvalue weighted by Gasteiger charge is -2.10. The van der Waals surface area contributed by atoms with E-state index < -0.39 is 0 Å². The molecule has 0 aliphatic rings. The lowest BCUT2D eigenvalue weighted by atomic mass is 10.1. The van der Waals surface area contributed by atoms with Crippen molar-refractivity contribution >= 4 is 11.3 Å². The SMILES string of the molecule is CCCNC(C)c1ccc(-c2ccc(CCC)cc2)s1. The highest BCUT2D eigenvalue weighted by Gasteiger charge is 2.08. The Balaban J connectivity index is 2.07. The fourth-order valence-electron chi connectivity index (χ4n) is 2.33. The van der Waals surface area contributed by atoms with E-state index in [9.17, 15) is 0 Å². The molecular formula is C18H25NS. The van der Waals surface area contributed by atoms with Crippen molar-refractivity contribution in [3.05, 3.63) is 46.8 Å². The van der Waals surface area contributed by atoms with Gasteiger partial charge in [-0.15, -0.1) is 11.3 Å². The van der Waals surface area contributed by atoms with E-state index >= 15 is 0 Å². The van der Waals surface area contributed by atoms with Gasteiger partial charge in [0.1, 0.15) is 0 Å². The van der Waals surface area contributed by atoms with Crippen LogP contribution in [0.1, 0.15) is 50.1 Å². The molecule has 0 fully saturated rings. The summed E-state index contributed by atoms with van der Waals surface area (Å²) in [7, 11) is 0. The van der Waals surface area contributed by atoms with Crippen molar-refractivity contribution in [1.82, 2.24) is 5.32 Å². The minimum absolute atomic E-state index is 0.452. The van der Waals surface area contributed by atoms with Gasteiger partial charge in [-0.25, -0.2) is 0 Å². The first-order valence-electron chi connectivity index (χ1n) is 7.67. The number of benzene rings is 1. The Morgan fingerprint density at radius 2 is 1.75 bits per heavy atom. The first-order chi connectivity index (χ1) is 9.74. The third-order valence-electron chi connectivity index (χ3n) is 3.53. The topological polar surface area (TPSA) is 12.0 Å². The maximum absolute atomic E-state index is 3.55. The van der Waals surface area contributed by atoms with E-state index in [-0.39, 0.29) is 0 Å². The minimum Gasteiger partial charge on any atom is -0.309 e. The van der Waals surface area contributed by atoms with Crippen molar-refractivity contribution in [3.8, 4) is 10.4 Å². The van der Waals surface area contributed by atoms with E-state index in [4.69, 9.17) is 0 Å². The molecule has 0 bridgehead atoms. The molecule has 1 N–H and O–H groups in total. The van der Waals surface area contributed by atoms with Crippen molar-refractivity contribution in [2.45, 2.75) is 46.1 Å². The number of aryl methyl sites for hydroxylation is 1. The molecule has 0 amide bonds. The van der Waals surface area contributed by atoms with Gasteiger partial charge in [-0.1, -0.05) is 44.5 Å². The van der Waals surface area contributed by atoms with Crippen molar-refractivity contribution < 1.29 is 0 Å². The molecular weight excluding hydrogens is 262 g/mol. The molecule has 1 unspecified atom stereocenters. The van der Waals surface area contributed by atoms with E-state index in [0.717, 1.165) is 6.54 Å². The van der Waals surface area contributed by atoms with Crippen LogP contribution in [-0.4, -0.2) is 6.54 Å². The molecule has 0 saturated heterocycles. The van der Waals surface area contributed by atoms with E-state index in [1.54, 1.807) is 0 Å². The summed E-state index contributed by atoms with van der Waals surface area (Å²) in [5.41, 5.74) is 2.77. The lowest BCUT2D eigenvalue weighted by Crippen LogP contribution is -2.18. The molecule has 2 heteroatoms. The monoisotopic (exact) mass is 287 g/mol. The normalized spacial score (nSPS) is 12.6. The Bertz CT molecular complexity index is 512. The van der Waals surface area contributed by atoms with Crippen LogP contribution in [0.4, 0.5) is 0 Å². The zero-order chi connectivity index (χ0) is 14.4. The average Bonchev–Trinajstić information content (AvgIpc) is 2.96. The zero-order valence-corrected chi connectivity index (χ0v) is 13.6. The second kappa shape index (κ2) is 7.61. The van der Waals surface area contributed by atoms with Crippen LogP contribution in [0.25, 0.3) is 10.4 Å². The fourth-order valence-corrected chi connectivity index (χ4v) is 3.37. The Morgan fingerprint density at radius 1 is 1.00 bits per heavy atom. The third-order valence-corrected chi connectivity index (χ3v) is 4.85. The van der Waals surface area contributed by atoms with Crippen molar-refractivity contribution in [1.29, 1.82) is 0 Å².